The number of esters is 1. The molecular weight excluding hydrogens is 545 g/mol. The number of alkyl halides is 3. The summed E-state index contributed by atoms with van der Waals surface area (Å²) in [5, 5.41) is 0. The Balaban J connectivity index is 1.50. The van der Waals surface area contributed by atoms with Crippen LogP contribution < -0.4 is 9.47 Å². The maximum Gasteiger partial charge on any atom is 0.418 e. The zero-order chi connectivity index (χ0) is 30.2. The van der Waals surface area contributed by atoms with Crippen molar-refractivity contribution in [3.05, 3.63) is 72.1 Å². The summed E-state index contributed by atoms with van der Waals surface area (Å²) in [6.45, 7) is 4.88. The van der Waals surface area contributed by atoms with Crippen LogP contribution in [0.3, 0.4) is 0 Å². The van der Waals surface area contributed by atoms with Gasteiger partial charge in [0, 0.05) is 12.2 Å². The van der Waals surface area contributed by atoms with Crippen molar-refractivity contribution in [1.29, 1.82) is 0 Å². The summed E-state index contributed by atoms with van der Waals surface area (Å²) >= 11 is 0. The minimum absolute atomic E-state index is 0.0200. The highest BCUT2D eigenvalue weighted by Gasteiger charge is 2.41. The number of carbonyl (C=O) groups is 1. The van der Waals surface area contributed by atoms with Crippen LogP contribution in [0.5, 0.6) is 11.5 Å². The van der Waals surface area contributed by atoms with E-state index in [4.69, 9.17) is 14.2 Å². The lowest BCUT2D eigenvalue weighted by Crippen LogP contribution is -2.24. The standard InChI is InChI=1S/C33H41F3N2O4/c1-3-5-7-9-10-12-21-40-29-23-37-31(38-24-29)26-17-19-28(20-18-26)42-32(39)27-15-13-25(14-16-27)30(33(34,35)36)41-22-11-8-6-4-2/h13-20,23-24,30H,3-12,21-22H2,1-2H3. The summed E-state index contributed by atoms with van der Waals surface area (Å²) < 4.78 is 57.0. The van der Waals surface area contributed by atoms with Crippen molar-refractivity contribution in [2.24, 2.45) is 0 Å². The second kappa shape index (κ2) is 17.5. The van der Waals surface area contributed by atoms with Gasteiger partial charge in [0.15, 0.2) is 17.7 Å². The van der Waals surface area contributed by atoms with Crippen molar-refractivity contribution in [2.75, 3.05) is 13.2 Å². The van der Waals surface area contributed by atoms with E-state index in [1.54, 1.807) is 36.7 Å². The fourth-order valence-electron chi connectivity index (χ4n) is 4.35. The van der Waals surface area contributed by atoms with Crippen LogP contribution in [-0.4, -0.2) is 35.3 Å². The van der Waals surface area contributed by atoms with E-state index >= 15 is 0 Å². The zero-order valence-corrected chi connectivity index (χ0v) is 24.5. The molecule has 0 bridgehead atoms. The van der Waals surface area contributed by atoms with Gasteiger partial charge in [-0.15, -0.1) is 0 Å². The van der Waals surface area contributed by atoms with Crippen LogP contribution in [0.15, 0.2) is 60.9 Å². The maximum absolute atomic E-state index is 13.6. The van der Waals surface area contributed by atoms with Gasteiger partial charge in [-0.05, 0) is 54.8 Å². The zero-order valence-electron chi connectivity index (χ0n) is 24.5. The number of hydrogen-bond acceptors (Lipinski definition) is 6. The smallest absolute Gasteiger partial charge is 0.418 e. The molecule has 1 aromatic heterocycles. The Morgan fingerprint density at radius 3 is 1.93 bits per heavy atom. The summed E-state index contributed by atoms with van der Waals surface area (Å²) in [5.41, 5.74) is 0.804. The molecule has 0 saturated carbocycles. The first-order valence-corrected chi connectivity index (χ1v) is 14.9. The number of carbonyl (C=O) groups excluding carboxylic acids is 1. The molecular formula is C33H41F3N2O4. The lowest BCUT2D eigenvalue weighted by Gasteiger charge is -2.21. The summed E-state index contributed by atoms with van der Waals surface area (Å²) in [7, 11) is 0. The molecule has 1 heterocycles. The summed E-state index contributed by atoms with van der Waals surface area (Å²) in [6.07, 6.45) is 7.14. The number of nitrogens with zero attached hydrogens (tertiary/aromatic N) is 2. The molecule has 228 valence electrons. The van der Waals surface area contributed by atoms with Crippen molar-refractivity contribution >= 4 is 5.97 Å². The van der Waals surface area contributed by atoms with Gasteiger partial charge in [-0.2, -0.15) is 13.2 Å². The fourth-order valence-corrected chi connectivity index (χ4v) is 4.35. The minimum Gasteiger partial charge on any atom is -0.490 e. The molecule has 3 aromatic rings. The predicted octanol–water partition coefficient (Wildman–Crippen LogP) is 9.30. The van der Waals surface area contributed by atoms with Gasteiger partial charge in [0.25, 0.3) is 0 Å². The Kier molecular flexibility index (Phi) is 13.8. The van der Waals surface area contributed by atoms with Crippen LogP contribution in [0, 0.1) is 0 Å². The van der Waals surface area contributed by atoms with Crippen molar-refractivity contribution in [3.8, 4) is 22.9 Å². The Morgan fingerprint density at radius 1 is 0.738 bits per heavy atom. The van der Waals surface area contributed by atoms with E-state index in [9.17, 15) is 18.0 Å². The number of aromatic nitrogens is 2. The third kappa shape index (κ3) is 11.1. The first-order valence-electron chi connectivity index (χ1n) is 14.9. The minimum atomic E-state index is -4.56. The van der Waals surface area contributed by atoms with E-state index in [0.717, 1.165) is 37.7 Å². The molecule has 0 radical (unpaired) electrons. The number of unbranched alkanes of at least 4 members (excludes halogenated alkanes) is 8. The lowest BCUT2D eigenvalue weighted by atomic mass is 10.1. The molecule has 42 heavy (non-hydrogen) atoms. The molecule has 1 atom stereocenters. The quantitative estimate of drug-likeness (QED) is 0.0840. The van der Waals surface area contributed by atoms with Gasteiger partial charge < -0.3 is 14.2 Å². The van der Waals surface area contributed by atoms with E-state index in [-0.39, 0.29) is 23.5 Å². The molecule has 1 unspecified atom stereocenters. The monoisotopic (exact) mass is 586 g/mol. The fraction of sp³-hybridized carbons (Fsp3) is 0.485. The third-order valence-electron chi connectivity index (χ3n) is 6.75. The molecule has 0 amide bonds. The molecule has 0 aliphatic heterocycles. The van der Waals surface area contributed by atoms with E-state index in [1.807, 2.05) is 6.92 Å². The SMILES string of the molecule is CCCCCCCCOc1cnc(-c2ccc(OC(=O)c3ccc(C(OCCCCCC)C(F)(F)F)cc3)cc2)nc1. The molecule has 0 spiro atoms. The van der Waals surface area contributed by atoms with Crippen LogP contribution >= 0.6 is 0 Å². The Labute approximate surface area is 246 Å². The Bertz CT molecular complexity index is 1180. The van der Waals surface area contributed by atoms with Crippen molar-refractivity contribution in [2.45, 2.75) is 90.3 Å². The van der Waals surface area contributed by atoms with E-state index in [1.165, 1.54) is 49.9 Å². The van der Waals surface area contributed by atoms with Gasteiger partial charge in [0.2, 0.25) is 0 Å². The highest BCUT2D eigenvalue weighted by molar-refractivity contribution is 5.91. The van der Waals surface area contributed by atoms with Crippen molar-refractivity contribution < 1.29 is 32.2 Å². The highest BCUT2D eigenvalue weighted by Crippen LogP contribution is 2.36. The molecule has 9 heteroatoms. The van der Waals surface area contributed by atoms with Crippen LogP contribution in [0.25, 0.3) is 11.4 Å². The normalized spacial score (nSPS) is 12.2. The first kappa shape index (κ1) is 33.0. The second-order valence-corrected chi connectivity index (χ2v) is 10.2. The van der Waals surface area contributed by atoms with Gasteiger partial charge in [0.1, 0.15) is 5.75 Å². The maximum atomic E-state index is 13.6. The molecule has 0 N–H and O–H groups in total. The second-order valence-electron chi connectivity index (χ2n) is 10.2. The summed E-state index contributed by atoms with van der Waals surface area (Å²) in [6, 6.07) is 11.8. The number of halogens is 3. The molecule has 0 aliphatic rings. The average molecular weight is 587 g/mol. The largest absolute Gasteiger partial charge is 0.490 e. The number of rotatable bonds is 18. The van der Waals surface area contributed by atoms with Crippen LogP contribution in [0.2, 0.25) is 0 Å². The lowest BCUT2D eigenvalue weighted by molar-refractivity contribution is -0.224. The van der Waals surface area contributed by atoms with Crippen molar-refractivity contribution in [3.63, 3.8) is 0 Å². The topological polar surface area (TPSA) is 70.5 Å². The number of benzene rings is 2. The van der Waals surface area contributed by atoms with Gasteiger partial charge in [0.05, 0.1) is 24.6 Å². The average Bonchev–Trinajstić information content (AvgIpc) is 2.99. The van der Waals surface area contributed by atoms with E-state index in [2.05, 4.69) is 16.9 Å². The first-order chi connectivity index (χ1) is 20.3. The molecule has 0 aliphatic carbocycles. The molecule has 0 fully saturated rings. The number of ether oxygens (including phenoxy) is 3. The van der Waals surface area contributed by atoms with Crippen LogP contribution in [0.4, 0.5) is 13.2 Å². The highest BCUT2D eigenvalue weighted by atomic mass is 19.4. The van der Waals surface area contributed by atoms with Gasteiger partial charge in [-0.1, -0.05) is 77.3 Å². The predicted molar refractivity (Wildman–Crippen MR) is 157 cm³/mol. The van der Waals surface area contributed by atoms with Gasteiger partial charge in [-0.25, -0.2) is 14.8 Å². The molecule has 6 nitrogen and oxygen atoms in total. The van der Waals surface area contributed by atoms with E-state index in [0.29, 0.717) is 24.6 Å². The molecule has 0 saturated heterocycles. The van der Waals surface area contributed by atoms with Gasteiger partial charge in [-0.3, -0.25) is 0 Å². The molecule has 2 aromatic carbocycles. The molecule has 3 rings (SSSR count). The van der Waals surface area contributed by atoms with Crippen molar-refractivity contribution in [1.82, 2.24) is 9.97 Å². The van der Waals surface area contributed by atoms with Gasteiger partial charge >= 0.3 is 12.1 Å². The van der Waals surface area contributed by atoms with Crippen LogP contribution in [-0.2, 0) is 4.74 Å². The summed E-state index contributed by atoms with van der Waals surface area (Å²) in [4.78, 5) is 21.3. The van der Waals surface area contributed by atoms with E-state index < -0.39 is 18.2 Å². The Hall–Kier alpha value is -3.46. The number of hydrogen-bond donors (Lipinski definition) is 0. The third-order valence-corrected chi connectivity index (χ3v) is 6.75. The van der Waals surface area contributed by atoms with Crippen LogP contribution in [0.1, 0.15) is 100 Å². The summed E-state index contributed by atoms with van der Waals surface area (Å²) in [5.74, 6) is 0.725. The Morgan fingerprint density at radius 2 is 1.31 bits per heavy atom.